The third-order valence-electron chi connectivity index (χ3n) is 2.98. The van der Waals surface area contributed by atoms with Crippen LogP contribution in [0.3, 0.4) is 0 Å². The normalized spacial score (nSPS) is 10.4. The molecule has 0 heterocycles. The molecule has 0 saturated carbocycles. The summed E-state index contributed by atoms with van der Waals surface area (Å²) in [7, 11) is 1.59. The van der Waals surface area contributed by atoms with Gasteiger partial charge in [-0.1, -0.05) is 24.3 Å². The van der Waals surface area contributed by atoms with Crippen LogP contribution in [0.1, 0.15) is 21.5 Å². The summed E-state index contributed by atoms with van der Waals surface area (Å²) < 4.78 is 31.2. The van der Waals surface area contributed by atoms with Crippen LogP contribution in [0.15, 0.2) is 42.5 Å². The minimum Gasteiger partial charge on any atom is -0.380 e. The Bertz CT molecular complexity index is 624. The molecule has 5 heteroatoms. The lowest BCUT2D eigenvalue weighted by Gasteiger charge is -2.10. The summed E-state index contributed by atoms with van der Waals surface area (Å²) in [5.74, 6) is -2.08. The highest BCUT2D eigenvalue weighted by Crippen LogP contribution is 2.11. The fourth-order valence-corrected chi connectivity index (χ4v) is 1.99. The fourth-order valence-electron chi connectivity index (χ4n) is 1.99. The molecule has 0 fully saturated rings. The van der Waals surface area contributed by atoms with Crippen LogP contribution in [0, 0.1) is 11.6 Å². The molecule has 2 aromatic rings. The first-order chi connectivity index (χ1) is 10.1. The lowest BCUT2D eigenvalue weighted by atomic mass is 10.1. The number of methoxy groups -OCH3 is 1. The number of rotatable bonds is 5. The number of nitrogens with one attached hydrogen (secondary N) is 1. The molecule has 1 N–H and O–H groups in total. The van der Waals surface area contributed by atoms with Crippen molar-refractivity contribution in [1.29, 1.82) is 0 Å². The predicted molar refractivity (Wildman–Crippen MR) is 74.7 cm³/mol. The zero-order chi connectivity index (χ0) is 15.2. The summed E-state index contributed by atoms with van der Waals surface area (Å²) in [6.45, 7) is 0.692. The van der Waals surface area contributed by atoms with Gasteiger partial charge in [0, 0.05) is 25.3 Å². The second kappa shape index (κ2) is 6.95. The van der Waals surface area contributed by atoms with Gasteiger partial charge < -0.3 is 10.1 Å². The van der Waals surface area contributed by atoms with Gasteiger partial charge in [-0.05, 0) is 23.3 Å². The molecule has 0 aliphatic heterocycles. The lowest BCUT2D eigenvalue weighted by Crippen LogP contribution is -2.23. The summed E-state index contributed by atoms with van der Waals surface area (Å²) in [5, 5.41) is 2.64. The van der Waals surface area contributed by atoms with Crippen molar-refractivity contribution in [2.45, 2.75) is 13.2 Å². The minimum atomic E-state index is -0.778. The highest BCUT2D eigenvalue weighted by Gasteiger charge is 2.10. The molecule has 0 bridgehead atoms. The van der Waals surface area contributed by atoms with E-state index in [0.717, 1.165) is 29.3 Å². The molecule has 3 nitrogen and oxygen atoms in total. The Kier molecular flexibility index (Phi) is 5.00. The SMILES string of the molecule is COCc1ccccc1CNC(=O)c1cc(F)cc(F)c1. The van der Waals surface area contributed by atoms with E-state index in [-0.39, 0.29) is 12.1 Å². The van der Waals surface area contributed by atoms with Gasteiger partial charge in [-0.3, -0.25) is 4.79 Å². The van der Waals surface area contributed by atoms with Crippen molar-refractivity contribution in [3.05, 3.63) is 70.8 Å². The van der Waals surface area contributed by atoms with Crippen molar-refractivity contribution >= 4 is 5.91 Å². The summed E-state index contributed by atoms with van der Waals surface area (Å²) in [4.78, 5) is 11.9. The second-order valence-electron chi connectivity index (χ2n) is 4.54. The van der Waals surface area contributed by atoms with Crippen molar-refractivity contribution in [3.8, 4) is 0 Å². The van der Waals surface area contributed by atoms with Crippen molar-refractivity contribution in [2.24, 2.45) is 0 Å². The van der Waals surface area contributed by atoms with Crippen LogP contribution in [-0.2, 0) is 17.9 Å². The van der Waals surface area contributed by atoms with E-state index in [1.165, 1.54) is 0 Å². The molecule has 0 aliphatic carbocycles. The number of carbonyl (C=O) groups is 1. The lowest BCUT2D eigenvalue weighted by molar-refractivity contribution is 0.0949. The van der Waals surface area contributed by atoms with E-state index in [1.807, 2.05) is 24.3 Å². The standard InChI is InChI=1S/C16H15F2NO2/c1-21-10-12-5-3-2-4-11(12)9-19-16(20)13-6-14(17)8-15(18)7-13/h2-8H,9-10H2,1H3,(H,19,20). The molecule has 0 spiro atoms. The number of ether oxygens (including phenoxy) is 1. The largest absolute Gasteiger partial charge is 0.380 e. The van der Waals surface area contributed by atoms with Gasteiger partial charge in [0.15, 0.2) is 0 Å². The molecule has 0 atom stereocenters. The summed E-state index contributed by atoms with van der Waals surface area (Å²) >= 11 is 0. The molecular weight excluding hydrogens is 276 g/mol. The maximum absolute atomic E-state index is 13.1. The highest BCUT2D eigenvalue weighted by molar-refractivity contribution is 5.94. The van der Waals surface area contributed by atoms with Crippen molar-refractivity contribution in [2.75, 3.05) is 7.11 Å². The molecule has 2 aromatic carbocycles. The molecular formula is C16H15F2NO2. The monoisotopic (exact) mass is 291 g/mol. The van der Waals surface area contributed by atoms with E-state index in [4.69, 9.17) is 4.74 Å². The van der Waals surface area contributed by atoms with E-state index in [1.54, 1.807) is 7.11 Å². The maximum Gasteiger partial charge on any atom is 0.251 e. The third-order valence-corrected chi connectivity index (χ3v) is 2.98. The zero-order valence-electron chi connectivity index (χ0n) is 11.5. The first-order valence-electron chi connectivity index (χ1n) is 6.40. The average molecular weight is 291 g/mol. The van der Waals surface area contributed by atoms with Gasteiger partial charge in [0.05, 0.1) is 6.61 Å². The molecule has 2 rings (SSSR count). The highest BCUT2D eigenvalue weighted by atomic mass is 19.1. The Morgan fingerprint density at radius 1 is 1.10 bits per heavy atom. The maximum atomic E-state index is 13.1. The van der Waals surface area contributed by atoms with E-state index in [0.29, 0.717) is 6.61 Å². The number of halogens is 2. The van der Waals surface area contributed by atoms with E-state index >= 15 is 0 Å². The van der Waals surface area contributed by atoms with E-state index in [9.17, 15) is 13.6 Å². The predicted octanol–water partition coefficient (Wildman–Crippen LogP) is 3.04. The Morgan fingerprint density at radius 3 is 2.33 bits per heavy atom. The molecule has 110 valence electrons. The molecule has 21 heavy (non-hydrogen) atoms. The van der Waals surface area contributed by atoms with Crippen LogP contribution < -0.4 is 5.32 Å². The van der Waals surface area contributed by atoms with Crippen molar-refractivity contribution < 1.29 is 18.3 Å². The molecule has 0 aromatic heterocycles. The van der Waals surface area contributed by atoms with Crippen LogP contribution in [0.5, 0.6) is 0 Å². The number of benzene rings is 2. The first kappa shape index (κ1) is 15.1. The van der Waals surface area contributed by atoms with Crippen LogP contribution in [0.25, 0.3) is 0 Å². The number of hydrogen-bond donors (Lipinski definition) is 1. The average Bonchev–Trinajstić information content (AvgIpc) is 2.45. The Balaban J connectivity index is 2.07. The van der Waals surface area contributed by atoms with Crippen LogP contribution >= 0.6 is 0 Å². The van der Waals surface area contributed by atoms with Gasteiger partial charge in [-0.15, -0.1) is 0 Å². The molecule has 0 saturated heterocycles. The molecule has 1 amide bonds. The summed E-state index contributed by atoms with van der Waals surface area (Å²) in [6, 6.07) is 10.2. The van der Waals surface area contributed by atoms with E-state index < -0.39 is 17.5 Å². The van der Waals surface area contributed by atoms with Crippen LogP contribution in [0.4, 0.5) is 8.78 Å². The fraction of sp³-hybridized carbons (Fsp3) is 0.188. The van der Waals surface area contributed by atoms with Gasteiger partial charge >= 0.3 is 0 Å². The smallest absolute Gasteiger partial charge is 0.251 e. The Morgan fingerprint density at radius 2 is 1.71 bits per heavy atom. The van der Waals surface area contributed by atoms with Crippen LogP contribution in [0.2, 0.25) is 0 Å². The second-order valence-corrected chi connectivity index (χ2v) is 4.54. The molecule has 0 radical (unpaired) electrons. The molecule has 0 unspecified atom stereocenters. The van der Waals surface area contributed by atoms with Crippen LogP contribution in [-0.4, -0.2) is 13.0 Å². The number of hydrogen-bond acceptors (Lipinski definition) is 2. The van der Waals surface area contributed by atoms with Crippen molar-refractivity contribution in [1.82, 2.24) is 5.32 Å². The summed E-state index contributed by atoms with van der Waals surface area (Å²) in [5.41, 5.74) is 1.80. The van der Waals surface area contributed by atoms with Gasteiger partial charge in [-0.25, -0.2) is 8.78 Å². The Labute approximate surface area is 121 Å². The van der Waals surface area contributed by atoms with Gasteiger partial charge in [0.25, 0.3) is 5.91 Å². The van der Waals surface area contributed by atoms with Crippen molar-refractivity contribution in [3.63, 3.8) is 0 Å². The van der Waals surface area contributed by atoms with E-state index in [2.05, 4.69) is 5.32 Å². The molecule has 0 aliphatic rings. The number of amides is 1. The zero-order valence-corrected chi connectivity index (χ0v) is 11.5. The minimum absolute atomic E-state index is 0.0447. The van der Waals surface area contributed by atoms with Gasteiger partial charge in [-0.2, -0.15) is 0 Å². The van der Waals surface area contributed by atoms with Gasteiger partial charge in [0.2, 0.25) is 0 Å². The third kappa shape index (κ3) is 4.10. The number of carbonyl (C=O) groups excluding carboxylic acids is 1. The summed E-state index contributed by atoms with van der Waals surface area (Å²) in [6.07, 6.45) is 0. The van der Waals surface area contributed by atoms with Gasteiger partial charge in [0.1, 0.15) is 11.6 Å². The first-order valence-corrected chi connectivity index (χ1v) is 6.40. The topological polar surface area (TPSA) is 38.3 Å². The quantitative estimate of drug-likeness (QED) is 0.919. The Hall–Kier alpha value is -2.27.